The molecule has 1 aromatic heterocycles. The van der Waals surface area contributed by atoms with Crippen molar-refractivity contribution in [1.29, 1.82) is 0 Å². The number of nitrogens with zero attached hydrogens (tertiary/aromatic N) is 1. The Morgan fingerprint density at radius 2 is 1.94 bits per heavy atom. The molecule has 0 radical (unpaired) electrons. The van der Waals surface area contributed by atoms with Crippen LogP contribution in [-0.4, -0.2) is 16.2 Å². The summed E-state index contributed by atoms with van der Waals surface area (Å²) >= 11 is 0. The van der Waals surface area contributed by atoms with Crippen LogP contribution in [0.15, 0.2) is 36.5 Å². The number of hydrogen-bond acceptors (Lipinski definition) is 2. The van der Waals surface area contributed by atoms with Crippen molar-refractivity contribution in [2.24, 2.45) is 5.92 Å². The van der Waals surface area contributed by atoms with E-state index in [9.17, 15) is 5.11 Å². The second-order valence-corrected chi connectivity index (χ2v) is 5.31. The predicted octanol–water partition coefficient (Wildman–Crippen LogP) is 3.33. The Hall–Kier alpha value is -1.41. The molecule has 2 nitrogen and oxygen atoms in total. The second-order valence-electron chi connectivity index (χ2n) is 5.31. The Kier molecular flexibility index (Phi) is 3.28. The number of para-hydroxylation sites is 1. The van der Waals surface area contributed by atoms with E-state index in [2.05, 4.69) is 29.2 Å². The minimum absolute atomic E-state index is 0.127. The number of aliphatic hydroxyl groups is 1. The van der Waals surface area contributed by atoms with E-state index in [0.717, 1.165) is 24.8 Å². The predicted molar refractivity (Wildman–Crippen MR) is 73.4 cm³/mol. The van der Waals surface area contributed by atoms with Crippen LogP contribution in [0.2, 0.25) is 0 Å². The molecule has 1 aliphatic carbocycles. The average molecular weight is 241 g/mol. The number of hydrogen-bond donors (Lipinski definition) is 1. The van der Waals surface area contributed by atoms with Crippen molar-refractivity contribution in [3.8, 4) is 0 Å². The molecule has 2 unspecified atom stereocenters. The minimum atomic E-state index is -0.127. The van der Waals surface area contributed by atoms with E-state index in [0.29, 0.717) is 5.92 Å². The largest absolute Gasteiger partial charge is 0.393 e. The first-order chi connectivity index (χ1) is 8.84. The summed E-state index contributed by atoms with van der Waals surface area (Å²) in [7, 11) is 0. The summed E-state index contributed by atoms with van der Waals surface area (Å²) in [4.78, 5) is 4.49. The molecule has 94 valence electrons. The molecule has 0 spiro atoms. The summed E-state index contributed by atoms with van der Waals surface area (Å²) in [6, 6.07) is 10.4. The summed E-state index contributed by atoms with van der Waals surface area (Å²) in [5.41, 5.74) is 2.37. The molecule has 1 aliphatic rings. The van der Waals surface area contributed by atoms with Gasteiger partial charge in [-0.25, -0.2) is 0 Å². The van der Waals surface area contributed by atoms with Crippen molar-refractivity contribution in [1.82, 2.24) is 4.98 Å². The second kappa shape index (κ2) is 5.07. The lowest BCUT2D eigenvalue weighted by molar-refractivity contribution is 0.0702. The van der Waals surface area contributed by atoms with Crippen molar-refractivity contribution >= 4 is 10.9 Å². The highest BCUT2D eigenvalue weighted by molar-refractivity contribution is 5.81. The van der Waals surface area contributed by atoms with Gasteiger partial charge in [0.15, 0.2) is 0 Å². The lowest BCUT2D eigenvalue weighted by atomic mass is 9.82. The third-order valence-corrected chi connectivity index (χ3v) is 4.07. The van der Waals surface area contributed by atoms with Crippen LogP contribution >= 0.6 is 0 Å². The molecular formula is C16H19NO. The van der Waals surface area contributed by atoms with Crippen LogP contribution in [-0.2, 0) is 6.42 Å². The number of benzene rings is 1. The molecule has 1 saturated carbocycles. The smallest absolute Gasteiger partial charge is 0.0734 e. The number of fused-ring (bicyclic) bond motifs is 1. The number of pyridine rings is 1. The Morgan fingerprint density at radius 1 is 1.11 bits per heavy atom. The number of aromatic nitrogens is 1. The summed E-state index contributed by atoms with van der Waals surface area (Å²) in [6.45, 7) is 0. The molecule has 0 aliphatic heterocycles. The number of aliphatic hydroxyl groups excluding tert-OH is 1. The van der Waals surface area contributed by atoms with Crippen LogP contribution in [0, 0.1) is 5.92 Å². The summed E-state index contributed by atoms with van der Waals surface area (Å²) in [6.07, 6.45) is 7.20. The van der Waals surface area contributed by atoms with E-state index in [1.54, 1.807) is 0 Å². The fourth-order valence-electron chi connectivity index (χ4n) is 3.04. The molecule has 0 bridgehead atoms. The van der Waals surface area contributed by atoms with E-state index in [-0.39, 0.29) is 6.10 Å². The molecule has 2 aromatic rings. The van der Waals surface area contributed by atoms with Crippen LogP contribution in [0.25, 0.3) is 10.9 Å². The van der Waals surface area contributed by atoms with E-state index in [4.69, 9.17) is 0 Å². The molecule has 2 atom stereocenters. The van der Waals surface area contributed by atoms with Gasteiger partial charge in [0, 0.05) is 11.6 Å². The van der Waals surface area contributed by atoms with Crippen LogP contribution in [0.4, 0.5) is 0 Å². The van der Waals surface area contributed by atoms with Crippen LogP contribution < -0.4 is 0 Å². The molecule has 3 rings (SSSR count). The van der Waals surface area contributed by atoms with Crippen molar-refractivity contribution in [3.05, 3.63) is 42.1 Å². The van der Waals surface area contributed by atoms with Gasteiger partial charge in [-0.2, -0.15) is 0 Å². The van der Waals surface area contributed by atoms with Gasteiger partial charge in [0.2, 0.25) is 0 Å². The van der Waals surface area contributed by atoms with Gasteiger partial charge in [0.25, 0.3) is 0 Å². The lowest BCUT2D eigenvalue weighted by Crippen LogP contribution is -2.26. The van der Waals surface area contributed by atoms with E-state index >= 15 is 0 Å². The highest BCUT2D eigenvalue weighted by Gasteiger charge is 2.23. The molecule has 0 saturated heterocycles. The average Bonchev–Trinajstić information content (AvgIpc) is 2.42. The fourth-order valence-corrected chi connectivity index (χ4v) is 3.04. The number of rotatable bonds is 2. The van der Waals surface area contributed by atoms with Crippen LogP contribution in [0.5, 0.6) is 0 Å². The van der Waals surface area contributed by atoms with Gasteiger partial charge in [-0.05, 0) is 36.8 Å². The monoisotopic (exact) mass is 241 g/mol. The maximum absolute atomic E-state index is 10.1. The van der Waals surface area contributed by atoms with Crippen molar-refractivity contribution in [3.63, 3.8) is 0 Å². The zero-order valence-corrected chi connectivity index (χ0v) is 10.5. The molecule has 1 heterocycles. The summed E-state index contributed by atoms with van der Waals surface area (Å²) in [5.74, 6) is 0.409. The highest BCUT2D eigenvalue weighted by atomic mass is 16.3. The third kappa shape index (κ3) is 2.25. The maximum atomic E-state index is 10.1. The SMILES string of the molecule is OC1CCCCC1Cc1cccc2cccnc12. The Morgan fingerprint density at radius 3 is 2.83 bits per heavy atom. The first kappa shape index (κ1) is 11.7. The van der Waals surface area contributed by atoms with Gasteiger partial charge < -0.3 is 5.11 Å². The topological polar surface area (TPSA) is 33.1 Å². The van der Waals surface area contributed by atoms with Gasteiger partial charge in [-0.1, -0.05) is 37.1 Å². The molecule has 2 heteroatoms. The van der Waals surface area contributed by atoms with Crippen LogP contribution in [0.3, 0.4) is 0 Å². The molecule has 0 amide bonds. The maximum Gasteiger partial charge on any atom is 0.0734 e. The first-order valence-corrected chi connectivity index (χ1v) is 6.85. The van der Waals surface area contributed by atoms with Crippen LogP contribution in [0.1, 0.15) is 31.2 Å². The van der Waals surface area contributed by atoms with Gasteiger partial charge in [0.1, 0.15) is 0 Å². The molecule has 1 fully saturated rings. The van der Waals surface area contributed by atoms with Gasteiger partial charge in [-0.15, -0.1) is 0 Å². The molecule has 1 N–H and O–H groups in total. The zero-order valence-electron chi connectivity index (χ0n) is 10.5. The van der Waals surface area contributed by atoms with Crippen molar-refractivity contribution in [2.45, 2.75) is 38.2 Å². The van der Waals surface area contributed by atoms with E-state index in [1.807, 2.05) is 12.3 Å². The third-order valence-electron chi connectivity index (χ3n) is 4.07. The lowest BCUT2D eigenvalue weighted by Gasteiger charge is -2.27. The van der Waals surface area contributed by atoms with Gasteiger partial charge in [-0.3, -0.25) is 4.98 Å². The van der Waals surface area contributed by atoms with E-state index < -0.39 is 0 Å². The standard InChI is InChI=1S/C16H19NO/c18-15-9-2-1-5-13(15)11-14-7-3-6-12-8-4-10-17-16(12)14/h3-4,6-8,10,13,15,18H,1-2,5,9,11H2. The minimum Gasteiger partial charge on any atom is -0.393 e. The zero-order chi connectivity index (χ0) is 12.4. The molecule has 1 aromatic carbocycles. The quantitative estimate of drug-likeness (QED) is 0.874. The highest BCUT2D eigenvalue weighted by Crippen LogP contribution is 2.29. The van der Waals surface area contributed by atoms with Crippen molar-refractivity contribution < 1.29 is 5.11 Å². The normalized spacial score (nSPS) is 24.3. The van der Waals surface area contributed by atoms with Crippen molar-refractivity contribution in [2.75, 3.05) is 0 Å². The summed E-state index contributed by atoms with van der Waals surface area (Å²) in [5, 5.41) is 11.3. The van der Waals surface area contributed by atoms with Gasteiger partial charge >= 0.3 is 0 Å². The fraction of sp³-hybridized carbons (Fsp3) is 0.438. The van der Waals surface area contributed by atoms with E-state index in [1.165, 1.54) is 23.8 Å². The van der Waals surface area contributed by atoms with Gasteiger partial charge in [0.05, 0.1) is 11.6 Å². The Labute approximate surface area is 108 Å². The summed E-state index contributed by atoms with van der Waals surface area (Å²) < 4.78 is 0. The Bertz CT molecular complexity index is 532. The Balaban J connectivity index is 1.90. The first-order valence-electron chi connectivity index (χ1n) is 6.85. The molecular weight excluding hydrogens is 222 g/mol. The molecule has 18 heavy (non-hydrogen) atoms.